The molecule has 2 aromatic carbocycles. The molecule has 4 rings (SSSR count). The summed E-state index contributed by atoms with van der Waals surface area (Å²) >= 11 is 1.56. The third-order valence-corrected chi connectivity index (χ3v) is 4.13. The summed E-state index contributed by atoms with van der Waals surface area (Å²) in [6.45, 7) is 0. The van der Waals surface area contributed by atoms with E-state index in [2.05, 4.69) is 9.97 Å². The molecule has 0 aliphatic heterocycles. The molecule has 0 unspecified atom stereocenters. The first-order chi connectivity index (χ1) is 10.3. The highest BCUT2D eigenvalue weighted by molar-refractivity contribution is 7.16. The fourth-order valence-corrected chi connectivity index (χ4v) is 3.11. The zero-order valence-electron chi connectivity index (χ0n) is 10.9. The van der Waals surface area contributed by atoms with Gasteiger partial charge in [-0.05, 0) is 24.3 Å². The molecule has 0 aliphatic carbocycles. The zero-order chi connectivity index (χ0) is 14.2. The van der Waals surface area contributed by atoms with Gasteiger partial charge < -0.3 is 0 Å². The number of thiazole rings is 1. The first-order valence-electron chi connectivity index (χ1n) is 6.46. The van der Waals surface area contributed by atoms with Gasteiger partial charge in [0.15, 0.2) is 0 Å². The highest BCUT2D eigenvalue weighted by atomic mass is 32.1. The van der Waals surface area contributed by atoms with E-state index in [4.69, 9.17) is 0 Å². The van der Waals surface area contributed by atoms with E-state index in [1.54, 1.807) is 16.8 Å². The number of benzene rings is 2. The summed E-state index contributed by atoms with van der Waals surface area (Å²) in [6, 6.07) is 15.2. The summed E-state index contributed by atoms with van der Waals surface area (Å²) in [7, 11) is 0. The van der Waals surface area contributed by atoms with Gasteiger partial charge in [0.25, 0.3) is 0 Å². The molecule has 21 heavy (non-hydrogen) atoms. The second kappa shape index (κ2) is 4.79. The van der Waals surface area contributed by atoms with Crippen LogP contribution in [-0.4, -0.2) is 14.5 Å². The number of fused-ring (bicyclic) bond motifs is 1. The molecule has 4 aromatic rings. The molecule has 2 aromatic heterocycles. The van der Waals surface area contributed by atoms with Crippen molar-refractivity contribution in [3.63, 3.8) is 0 Å². The topological polar surface area (TPSA) is 30.7 Å². The van der Waals surface area contributed by atoms with Crippen LogP contribution in [0.4, 0.5) is 4.39 Å². The molecule has 5 heteroatoms. The highest BCUT2D eigenvalue weighted by Gasteiger charge is 2.16. The maximum atomic E-state index is 14.2. The van der Waals surface area contributed by atoms with Crippen LogP contribution < -0.4 is 0 Å². The van der Waals surface area contributed by atoms with Gasteiger partial charge in [-0.25, -0.2) is 9.97 Å². The molecule has 2 heterocycles. The number of halogens is 1. The smallest absolute Gasteiger partial charge is 0.218 e. The Bertz CT molecular complexity index is 912. The normalized spacial score (nSPS) is 11.1. The first kappa shape index (κ1) is 12.2. The Balaban J connectivity index is 2.01. The molecule has 0 atom stereocenters. The van der Waals surface area contributed by atoms with Crippen molar-refractivity contribution in [1.29, 1.82) is 0 Å². The third-order valence-electron chi connectivity index (χ3n) is 3.33. The minimum absolute atomic E-state index is 0.386. The number of hydrogen-bond donors (Lipinski definition) is 0. The van der Waals surface area contributed by atoms with Crippen molar-refractivity contribution in [2.45, 2.75) is 0 Å². The summed E-state index contributed by atoms with van der Waals surface area (Å²) in [5.41, 5.74) is 4.22. The van der Waals surface area contributed by atoms with Crippen LogP contribution in [0.3, 0.4) is 0 Å². The Hall–Kier alpha value is -2.53. The lowest BCUT2D eigenvalue weighted by molar-refractivity contribution is 0.561. The van der Waals surface area contributed by atoms with Crippen LogP contribution in [0.5, 0.6) is 0 Å². The lowest BCUT2D eigenvalue weighted by atomic mass is 10.2. The van der Waals surface area contributed by atoms with Gasteiger partial charge in [0.05, 0.1) is 21.9 Å². The van der Waals surface area contributed by atoms with Crippen molar-refractivity contribution in [3.05, 3.63) is 66.2 Å². The van der Waals surface area contributed by atoms with Crippen LogP contribution in [0.25, 0.3) is 27.3 Å². The van der Waals surface area contributed by atoms with Gasteiger partial charge in [0.2, 0.25) is 5.95 Å². The van der Waals surface area contributed by atoms with Crippen LogP contribution in [0.1, 0.15) is 0 Å². The van der Waals surface area contributed by atoms with E-state index in [0.717, 1.165) is 21.5 Å². The predicted octanol–water partition coefficient (Wildman–Crippen LogP) is 4.29. The highest BCUT2D eigenvalue weighted by Crippen LogP contribution is 2.30. The van der Waals surface area contributed by atoms with Crippen LogP contribution in [-0.2, 0) is 0 Å². The fraction of sp³-hybridized carbons (Fsp3) is 0. The number of nitrogens with zero attached hydrogens (tertiary/aromatic N) is 3. The van der Waals surface area contributed by atoms with Crippen LogP contribution in [0.15, 0.2) is 60.2 Å². The van der Waals surface area contributed by atoms with E-state index >= 15 is 0 Å². The SMILES string of the molecule is Fc1cnc(-c2cccc3scnc23)n1-c1ccccc1. The molecule has 0 saturated carbocycles. The monoisotopic (exact) mass is 295 g/mol. The summed E-state index contributed by atoms with van der Waals surface area (Å²) in [6.07, 6.45) is 1.24. The number of imidazole rings is 1. The standard InChI is InChI=1S/C16H10FN3S/c17-14-9-18-16(20(14)11-5-2-1-3-6-11)12-7-4-8-13-15(12)19-10-21-13/h1-10H. The van der Waals surface area contributed by atoms with E-state index < -0.39 is 0 Å². The molecule has 0 amide bonds. The average molecular weight is 295 g/mol. The Morgan fingerprint density at radius 3 is 2.67 bits per heavy atom. The van der Waals surface area contributed by atoms with Crippen molar-refractivity contribution in [1.82, 2.24) is 14.5 Å². The average Bonchev–Trinajstić information content (AvgIpc) is 3.14. The van der Waals surface area contributed by atoms with Gasteiger partial charge in [-0.2, -0.15) is 4.39 Å². The lowest BCUT2D eigenvalue weighted by Crippen LogP contribution is -2.00. The molecule has 3 nitrogen and oxygen atoms in total. The van der Waals surface area contributed by atoms with Crippen molar-refractivity contribution >= 4 is 21.6 Å². The summed E-state index contributed by atoms with van der Waals surface area (Å²) in [4.78, 5) is 8.63. The van der Waals surface area contributed by atoms with E-state index in [0.29, 0.717) is 5.82 Å². The van der Waals surface area contributed by atoms with E-state index in [9.17, 15) is 4.39 Å². The Morgan fingerprint density at radius 1 is 0.952 bits per heavy atom. The number of hydrogen-bond acceptors (Lipinski definition) is 3. The van der Waals surface area contributed by atoms with E-state index in [1.807, 2.05) is 48.5 Å². The number of rotatable bonds is 2. The molecule has 0 aliphatic rings. The van der Waals surface area contributed by atoms with Gasteiger partial charge >= 0.3 is 0 Å². The van der Waals surface area contributed by atoms with Gasteiger partial charge in [-0.3, -0.25) is 4.57 Å². The van der Waals surface area contributed by atoms with Gasteiger partial charge in [0, 0.05) is 11.3 Å². The third kappa shape index (κ3) is 1.94. The molecule has 0 bridgehead atoms. The van der Waals surface area contributed by atoms with Crippen LogP contribution in [0.2, 0.25) is 0 Å². The largest absolute Gasteiger partial charge is 0.269 e. The molecule has 0 radical (unpaired) electrons. The van der Waals surface area contributed by atoms with E-state index in [1.165, 1.54) is 10.8 Å². The Morgan fingerprint density at radius 2 is 1.81 bits per heavy atom. The lowest BCUT2D eigenvalue weighted by Gasteiger charge is -2.08. The van der Waals surface area contributed by atoms with Crippen molar-refractivity contribution in [3.8, 4) is 17.1 Å². The predicted molar refractivity (Wildman–Crippen MR) is 82.1 cm³/mol. The van der Waals surface area contributed by atoms with E-state index in [-0.39, 0.29) is 5.95 Å². The zero-order valence-corrected chi connectivity index (χ0v) is 11.7. The summed E-state index contributed by atoms with van der Waals surface area (Å²) in [5.74, 6) is 0.179. The minimum atomic E-state index is -0.386. The van der Waals surface area contributed by atoms with Crippen molar-refractivity contribution < 1.29 is 4.39 Å². The van der Waals surface area contributed by atoms with Gasteiger partial charge in [-0.15, -0.1) is 11.3 Å². The quantitative estimate of drug-likeness (QED) is 0.552. The Labute approximate surface area is 124 Å². The van der Waals surface area contributed by atoms with Crippen LogP contribution >= 0.6 is 11.3 Å². The second-order valence-electron chi connectivity index (χ2n) is 4.58. The molecule has 0 saturated heterocycles. The van der Waals surface area contributed by atoms with Crippen molar-refractivity contribution in [2.75, 3.05) is 0 Å². The summed E-state index contributed by atoms with van der Waals surface area (Å²) in [5, 5.41) is 0. The number of para-hydroxylation sites is 2. The maximum Gasteiger partial charge on any atom is 0.218 e. The molecule has 0 spiro atoms. The number of aromatic nitrogens is 3. The second-order valence-corrected chi connectivity index (χ2v) is 5.47. The maximum absolute atomic E-state index is 14.2. The molecule has 0 fully saturated rings. The first-order valence-corrected chi connectivity index (χ1v) is 7.34. The van der Waals surface area contributed by atoms with Gasteiger partial charge in [0.1, 0.15) is 5.82 Å². The molecule has 0 N–H and O–H groups in total. The molecular weight excluding hydrogens is 285 g/mol. The van der Waals surface area contributed by atoms with Gasteiger partial charge in [-0.1, -0.05) is 24.3 Å². The minimum Gasteiger partial charge on any atom is -0.269 e. The van der Waals surface area contributed by atoms with Crippen LogP contribution in [0, 0.1) is 5.95 Å². The summed E-state index contributed by atoms with van der Waals surface area (Å²) < 4.78 is 16.8. The van der Waals surface area contributed by atoms with Crippen molar-refractivity contribution in [2.24, 2.45) is 0 Å². The molecule has 102 valence electrons. The Kier molecular flexibility index (Phi) is 2.79. The molecular formula is C16H10FN3S. The fourth-order valence-electron chi connectivity index (χ4n) is 2.41.